The van der Waals surface area contributed by atoms with E-state index in [0.29, 0.717) is 6.04 Å². The van der Waals surface area contributed by atoms with Crippen molar-refractivity contribution in [3.05, 3.63) is 64.7 Å². The number of rotatable bonds is 3. The van der Waals surface area contributed by atoms with E-state index in [1.165, 1.54) is 35.2 Å². The van der Waals surface area contributed by atoms with Gasteiger partial charge >= 0.3 is 0 Å². The molecule has 2 aromatic carbocycles. The third-order valence-electron chi connectivity index (χ3n) is 4.50. The molecular weight excluding hydrogens is 288 g/mol. The molecule has 1 aromatic heterocycles. The van der Waals surface area contributed by atoms with E-state index >= 15 is 0 Å². The number of nitrogens with zero attached hydrogens (tertiary/aromatic N) is 2. The molecular formula is C19H20N2S. The Kier molecular flexibility index (Phi) is 3.68. The van der Waals surface area contributed by atoms with Crippen molar-refractivity contribution in [3.8, 4) is 0 Å². The molecule has 0 amide bonds. The smallest absolute Gasteiger partial charge is 0.0907 e. The van der Waals surface area contributed by atoms with Crippen molar-refractivity contribution < 1.29 is 0 Å². The summed E-state index contributed by atoms with van der Waals surface area (Å²) in [5.41, 5.74) is 3.99. The maximum atomic E-state index is 4.57. The molecule has 4 rings (SSSR count). The van der Waals surface area contributed by atoms with Crippen LogP contribution in [0.15, 0.2) is 48.5 Å². The van der Waals surface area contributed by atoms with Crippen LogP contribution in [0.2, 0.25) is 0 Å². The number of likely N-dealkylation sites (tertiary alicyclic amines) is 1. The number of fused-ring (bicyclic) bond motifs is 1. The van der Waals surface area contributed by atoms with Crippen molar-refractivity contribution >= 4 is 21.6 Å². The normalized spacial score (nSPS) is 19.0. The number of aryl methyl sites for hydroxylation is 1. The van der Waals surface area contributed by atoms with Crippen molar-refractivity contribution in [2.45, 2.75) is 32.4 Å². The van der Waals surface area contributed by atoms with Crippen LogP contribution >= 0.6 is 11.3 Å². The average Bonchev–Trinajstić information content (AvgIpc) is 3.12. The Morgan fingerprint density at radius 3 is 2.91 bits per heavy atom. The third-order valence-corrected chi connectivity index (χ3v) is 5.43. The number of hydrogen-bond acceptors (Lipinski definition) is 3. The molecule has 0 spiro atoms. The molecule has 1 saturated heterocycles. The van der Waals surface area contributed by atoms with Gasteiger partial charge in [0.05, 0.1) is 15.2 Å². The van der Waals surface area contributed by atoms with E-state index in [4.69, 9.17) is 0 Å². The van der Waals surface area contributed by atoms with E-state index in [1.54, 1.807) is 11.3 Å². The van der Waals surface area contributed by atoms with E-state index in [-0.39, 0.29) is 0 Å². The highest BCUT2D eigenvalue weighted by Crippen LogP contribution is 2.35. The molecule has 0 aliphatic carbocycles. The van der Waals surface area contributed by atoms with Gasteiger partial charge in [-0.25, -0.2) is 4.98 Å². The lowest BCUT2D eigenvalue weighted by molar-refractivity contribution is 0.248. The largest absolute Gasteiger partial charge is 0.292 e. The monoisotopic (exact) mass is 308 g/mol. The van der Waals surface area contributed by atoms with Crippen LogP contribution in [0.5, 0.6) is 0 Å². The highest BCUT2D eigenvalue weighted by molar-refractivity contribution is 7.18. The Bertz CT molecular complexity index is 778. The molecule has 0 radical (unpaired) electrons. The van der Waals surface area contributed by atoms with Gasteiger partial charge in [-0.15, -0.1) is 11.3 Å². The minimum atomic E-state index is 0.548. The number of benzene rings is 2. The quantitative estimate of drug-likeness (QED) is 0.681. The first-order chi connectivity index (χ1) is 10.8. The molecule has 112 valence electrons. The highest BCUT2D eigenvalue weighted by atomic mass is 32.1. The summed E-state index contributed by atoms with van der Waals surface area (Å²) in [4.78, 5) is 7.19. The van der Waals surface area contributed by atoms with Crippen molar-refractivity contribution in [2.24, 2.45) is 0 Å². The fourth-order valence-electron chi connectivity index (χ4n) is 3.47. The molecule has 0 bridgehead atoms. The van der Waals surface area contributed by atoms with Gasteiger partial charge in [0.1, 0.15) is 0 Å². The second-order valence-corrected chi connectivity index (χ2v) is 7.31. The Morgan fingerprint density at radius 1 is 1.18 bits per heavy atom. The first-order valence-corrected chi connectivity index (χ1v) is 8.76. The molecule has 22 heavy (non-hydrogen) atoms. The maximum absolute atomic E-state index is 4.57. The van der Waals surface area contributed by atoms with Gasteiger partial charge in [-0.05, 0) is 49.6 Å². The van der Waals surface area contributed by atoms with Crippen molar-refractivity contribution in [1.82, 2.24) is 9.88 Å². The van der Waals surface area contributed by atoms with E-state index < -0.39 is 0 Å². The van der Waals surface area contributed by atoms with Crippen LogP contribution in [0.3, 0.4) is 0 Å². The Balaban J connectivity index is 1.61. The van der Waals surface area contributed by atoms with Crippen LogP contribution in [-0.2, 0) is 6.54 Å². The van der Waals surface area contributed by atoms with Gasteiger partial charge in [0.15, 0.2) is 0 Å². The van der Waals surface area contributed by atoms with Gasteiger partial charge in [0.25, 0.3) is 0 Å². The van der Waals surface area contributed by atoms with E-state index in [9.17, 15) is 0 Å². The summed E-state index contributed by atoms with van der Waals surface area (Å²) in [6.45, 7) is 4.33. The van der Waals surface area contributed by atoms with Gasteiger partial charge < -0.3 is 0 Å². The maximum Gasteiger partial charge on any atom is 0.0907 e. The number of hydrogen-bond donors (Lipinski definition) is 0. The van der Waals surface area contributed by atoms with Crippen LogP contribution < -0.4 is 0 Å². The van der Waals surface area contributed by atoms with E-state index in [2.05, 4.69) is 65.3 Å². The molecule has 1 fully saturated rings. The predicted molar refractivity (Wildman–Crippen MR) is 93.2 cm³/mol. The van der Waals surface area contributed by atoms with Crippen LogP contribution in [0.25, 0.3) is 10.2 Å². The van der Waals surface area contributed by atoms with Gasteiger partial charge in [-0.3, -0.25) is 4.90 Å². The Morgan fingerprint density at radius 2 is 2.05 bits per heavy atom. The summed E-state index contributed by atoms with van der Waals surface area (Å²) >= 11 is 1.80. The lowest BCUT2D eigenvalue weighted by Crippen LogP contribution is -2.22. The van der Waals surface area contributed by atoms with Crippen molar-refractivity contribution in [2.75, 3.05) is 6.54 Å². The Labute approximate surface area is 135 Å². The molecule has 3 heteroatoms. The lowest BCUT2D eigenvalue weighted by atomic mass is 10.0. The summed E-state index contributed by atoms with van der Waals surface area (Å²) in [6.07, 6.45) is 2.55. The topological polar surface area (TPSA) is 16.1 Å². The summed E-state index contributed by atoms with van der Waals surface area (Å²) < 4.78 is 1.32. The summed E-state index contributed by atoms with van der Waals surface area (Å²) in [7, 11) is 0. The van der Waals surface area contributed by atoms with Gasteiger partial charge in [0, 0.05) is 12.6 Å². The van der Waals surface area contributed by atoms with Gasteiger partial charge in [-0.2, -0.15) is 0 Å². The summed E-state index contributed by atoms with van der Waals surface area (Å²) in [5.74, 6) is 0. The molecule has 1 atom stereocenters. The zero-order chi connectivity index (χ0) is 14.9. The molecule has 1 aliphatic heterocycles. The van der Waals surface area contributed by atoms with Crippen LogP contribution in [0.1, 0.15) is 35.0 Å². The lowest BCUT2D eigenvalue weighted by Gasteiger charge is -2.25. The number of aromatic nitrogens is 1. The van der Waals surface area contributed by atoms with Crippen LogP contribution in [0.4, 0.5) is 0 Å². The minimum absolute atomic E-state index is 0.548. The zero-order valence-corrected chi connectivity index (χ0v) is 13.6. The van der Waals surface area contributed by atoms with E-state index in [0.717, 1.165) is 17.1 Å². The SMILES string of the molecule is Cc1nc2ccc([C@H]3CCCN3Cc3ccccc3)cc2s1. The van der Waals surface area contributed by atoms with Crippen LogP contribution in [-0.4, -0.2) is 16.4 Å². The molecule has 2 nitrogen and oxygen atoms in total. The zero-order valence-electron chi connectivity index (χ0n) is 12.8. The summed E-state index contributed by atoms with van der Waals surface area (Å²) in [6, 6.07) is 18.2. The fourth-order valence-corrected chi connectivity index (χ4v) is 4.35. The van der Waals surface area contributed by atoms with Crippen LogP contribution in [0, 0.1) is 6.92 Å². The fraction of sp³-hybridized carbons (Fsp3) is 0.316. The number of thiazole rings is 1. The molecule has 2 heterocycles. The Hall–Kier alpha value is -1.71. The first kappa shape index (κ1) is 13.9. The van der Waals surface area contributed by atoms with Gasteiger partial charge in [0.2, 0.25) is 0 Å². The first-order valence-electron chi connectivity index (χ1n) is 7.95. The third kappa shape index (κ3) is 2.67. The van der Waals surface area contributed by atoms with E-state index in [1.807, 2.05) is 0 Å². The standard InChI is InChI=1S/C19H20N2S/c1-14-20-17-10-9-16(12-19(17)22-14)18-8-5-11-21(18)13-15-6-3-2-4-7-15/h2-4,6-7,9-10,12,18H,5,8,11,13H2,1H3/t18-/m1/s1. The van der Waals surface area contributed by atoms with Crippen molar-refractivity contribution in [3.63, 3.8) is 0 Å². The second kappa shape index (κ2) is 5.82. The molecule has 1 aliphatic rings. The second-order valence-electron chi connectivity index (χ2n) is 6.07. The molecule has 0 unspecified atom stereocenters. The molecule has 0 N–H and O–H groups in total. The minimum Gasteiger partial charge on any atom is -0.292 e. The highest BCUT2D eigenvalue weighted by Gasteiger charge is 2.26. The molecule has 3 aromatic rings. The predicted octanol–water partition coefficient (Wildman–Crippen LogP) is 4.94. The molecule has 0 saturated carbocycles. The summed E-state index contributed by atoms with van der Waals surface area (Å²) in [5, 5.41) is 1.15. The van der Waals surface area contributed by atoms with Gasteiger partial charge in [-0.1, -0.05) is 36.4 Å². The van der Waals surface area contributed by atoms with Crippen molar-refractivity contribution in [1.29, 1.82) is 0 Å². The average molecular weight is 308 g/mol.